The molecule has 3 heteroatoms. The van der Waals surface area contributed by atoms with Gasteiger partial charge >= 0.3 is 0 Å². The molecule has 1 heterocycles. The first kappa shape index (κ1) is 12.4. The maximum Gasteiger partial charge on any atom is 0.114 e. The minimum Gasteiger partial charge on any atom is -0.239 e. The van der Waals surface area contributed by atoms with Crippen LogP contribution in [0.5, 0.6) is 0 Å². The van der Waals surface area contributed by atoms with E-state index in [9.17, 15) is 5.26 Å². The highest BCUT2D eigenvalue weighted by Gasteiger charge is 2.47. The molecule has 3 rings (SSSR count). The number of aromatic nitrogens is 1. The molecule has 1 aliphatic rings. The lowest BCUT2D eigenvalue weighted by molar-refractivity contribution is 0.891. The quantitative estimate of drug-likeness (QED) is 0.814. The van der Waals surface area contributed by atoms with Gasteiger partial charge < -0.3 is 0 Å². The third-order valence-corrected chi connectivity index (χ3v) is 5.04. The zero-order valence-electron chi connectivity index (χ0n) is 11.4. The first-order valence-corrected chi connectivity index (χ1v) is 7.39. The van der Waals surface area contributed by atoms with E-state index in [1.807, 2.05) is 0 Å². The second-order valence-electron chi connectivity index (χ2n) is 5.48. The maximum absolute atomic E-state index is 9.24. The molecule has 1 saturated carbocycles. The molecule has 2 nitrogen and oxygen atoms in total. The fraction of sp³-hybridized carbons (Fsp3) is 0.375. The third kappa shape index (κ3) is 1.97. The van der Waals surface area contributed by atoms with Crippen LogP contribution in [0.4, 0.5) is 0 Å². The van der Waals surface area contributed by atoms with Crippen molar-refractivity contribution in [2.45, 2.75) is 39.0 Å². The summed E-state index contributed by atoms with van der Waals surface area (Å²) in [5.74, 6) is 0. The number of nitriles is 1. The summed E-state index contributed by atoms with van der Waals surface area (Å²) < 4.78 is 0. The first-order valence-electron chi connectivity index (χ1n) is 6.51. The molecule has 1 aromatic heterocycles. The van der Waals surface area contributed by atoms with E-state index in [1.165, 1.54) is 22.3 Å². The van der Waals surface area contributed by atoms with Crippen LogP contribution in [0.3, 0.4) is 0 Å². The monoisotopic (exact) mass is 268 g/mol. The van der Waals surface area contributed by atoms with E-state index in [4.69, 9.17) is 4.98 Å². The van der Waals surface area contributed by atoms with Crippen molar-refractivity contribution in [2.75, 3.05) is 0 Å². The van der Waals surface area contributed by atoms with Crippen LogP contribution in [0.1, 0.15) is 34.5 Å². The molecule has 0 amide bonds. The number of benzene rings is 1. The number of aryl methyl sites for hydroxylation is 3. The predicted octanol–water partition coefficient (Wildman–Crippen LogP) is 4.29. The summed E-state index contributed by atoms with van der Waals surface area (Å²) >= 11 is 1.62. The Hall–Kier alpha value is -1.66. The molecule has 0 atom stereocenters. The Morgan fingerprint density at radius 1 is 1.16 bits per heavy atom. The van der Waals surface area contributed by atoms with Crippen molar-refractivity contribution in [2.24, 2.45) is 0 Å². The van der Waals surface area contributed by atoms with Gasteiger partial charge in [0, 0.05) is 10.9 Å². The zero-order chi connectivity index (χ0) is 13.6. The standard InChI is InChI=1S/C16H16N2S/c1-10-6-12(3)13(7-11(10)2)14-8-19-15(18-14)16(9-17)4-5-16/h6-8H,4-5H2,1-3H3. The number of hydrogen-bond donors (Lipinski definition) is 0. The van der Waals surface area contributed by atoms with Crippen LogP contribution in [0.2, 0.25) is 0 Å². The van der Waals surface area contributed by atoms with Gasteiger partial charge in [-0.2, -0.15) is 5.26 Å². The molecule has 0 aliphatic heterocycles. The Morgan fingerprint density at radius 2 is 1.84 bits per heavy atom. The number of rotatable bonds is 2. The first-order chi connectivity index (χ1) is 9.05. The van der Waals surface area contributed by atoms with Crippen LogP contribution >= 0.6 is 11.3 Å². The molecule has 1 aromatic carbocycles. The van der Waals surface area contributed by atoms with E-state index < -0.39 is 0 Å². The zero-order valence-corrected chi connectivity index (χ0v) is 12.3. The molecule has 19 heavy (non-hydrogen) atoms. The molecule has 0 N–H and O–H groups in total. The van der Waals surface area contributed by atoms with Gasteiger partial charge in [-0.15, -0.1) is 11.3 Å². The summed E-state index contributed by atoms with van der Waals surface area (Å²) in [5, 5.41) is 12.3. The van der Waals surface area contributed by atoms with Gasteiger partial charge in [-0.1, -0.05) is 6.07 Å². The third-order valence-electron chi connectivity index (χ3n) is 3.99. The van der Waals surface area contributed by atoms with Crippen molar-refractivity contribution in [1.82, 2.24) is 4.98 Å². The van der Waals surface area contributed by atoms with E-state index in [1.54, 1.807) is 11.3 Å². The predicted molar refractivity (Wildman–Crippen MR) is 78.3 cm³/mol. The normalized spacial score (nSPS) is 16.1. The number of nitrogens with zero attached hydrogens (tertiary/aromatic N) is 2. The Kier molecular flexibility index (Phi) is 2.72. The molecule has 0 radical (unpaired) electrons. The van der Waals surface area contributed by atoms with E-state index in [0.29, 0.717) is 0 Å². The van der Waals surface area contributed by atoms with Crippen LogP contribution in [0, 0.1) is 32.1 Å². The maximum atomic E-state index is 9.24. The Bertz CT molecular complexity index is 687. The highest BCUT2D eigenvalue weighted by molar-refractivity contribution is 7.10. The molecule has 0 bridgehead atoms. The summed E-state index contributed by atoms with van der Waals surface area (Å²) in [6, 6.07) is 6.83. The summed E-state index contributed by atoms with van der Waals surface area (Å²) in [6.45, 7) is 6.38. The highest BCUT2D eigenvalue weighted by atomic mass is 32.1. The van der Waals surface area contributed by atoms with Gasteiger partial charge in [-0.25, -0.2) is 4.98 Å². The highest BCUT2D eigenvalue weighted by Crippen LogP contribution is 2.49. The van der Waals surface area contributed by atoms with Crippen molar-refractivity contribution >= 4 is 11.3 Å². The van der Waals surface area contributed by atoms with Gasteiger partial charge in [-0.3, -0.25) is 0 Å². The summed E-state index contributed by atoms with van der Waals surface area (Å²) in [5.41, 5.74) is 5.79. The van der Waals surface area contributed by atoms with Gasteiger partial charge in [0.15, 0.2) is 0 Å². The smallest absolute Gasteiger partial charge is 0.114 e. The largest absolute Gasteiger partial charge is 0.239 e. The minimum absolute atomic E-state index is 0.267. The van der Waals surface area contributed by atoms with Gasteiger partial charge in [-0.05, 0) is 56.4 Å². The molecule has 0 spiro atoms. The lowest BCUT2D eigenvalue weighted by Crippen LogP contribution is -2.01. The lowest BCUT2D eigenvalue weighted by Gasteiger charge is -2.07. The minimum atomic E-state index is -0.267. The Morgan fingerprint density at radius 3 is 2.47 bits per heavy atom. The molecule has 0 saturated heterocycles. The Labute approximate surface area is 117 Å². The Balaban J connectivity index is 2.05. The fourth-order valence-corrected chi connectivity index (χ4v) is 3.38. The molecule has 2 aromatic rings. The molecule has 1 aliphatic carbocycles. The molecular weight excluding hydrogens is 252 g/mol. The SMILES string of the molecule is Cc1cc(C)c(-c2csc(C3(C#N)CC3)n2)cc1C. The summed E-state index contributed by atoms with van der Waals surface area (Å²) in [4.78, 5) is 4.71. The van der Waals surface area contributed by atoms with Crippen molar-refractivity contribution in [3.63, 3.8) is 0 Å². The number of hydrogen-bond acceptors (Lipinski definition) is 3. The van der Waals surface area contributed by atoms with Crippen LogP contribution in [0.15, 0.2) is 17.5 Å². The molecular formula is C16H16N2S. The number of thiazole rings is 1. The van der Waals surface area contributed by atoms with E-state index >= 15 is 0 Å². The average molecular weight is 268 g/mol. The van der Waals surface area contributed by atoms with Crippen LogP contribution < -0.4 is 0 Å². The van der Waals surface area contributed by atoms with Gasteiger partial charge in [0.05, 0.1) is 11.8 Å². The van der Waals surface area contributed by atoms with E-state index in [-0.39, 0.29) is 5.41 Å². The summed E-state index contributed by atoms with van der Waals surface area (Å²) in [7, 11) is 0. The van der Waals surface area contributed by atoms with Crippen molar-refractivity contribution in [3.8, 4) is 17.3 Å². The van der Waals surface area contributed by atoms with Gasteiger partial charge in [0.2, 0.25) is 0 Å². The van der Waals surface area contributed by atoms with Gasteiger partial charge in [0.25, 0.3) is 0 Å². The van der Waals surface area contributed by atoms with Crippen molar-refractivity contribution in [3.05, 3.63) is 39.2 Å². The second-order valence-corrected chi connectivity index (χ2v) is 6.34. The lowest BCUT2D eigenvalue weighted by atomic mass is 9.99. The molecule has 0 unspecified atom stereocenters. The van der Waals surface area contributed by atoms with Crippen molar-refractivity contribution in [1.29, 1.82) is 5.26 Å². The van der Waals surface area contributed by atoms with Crippen molar-refractivity contribution < 1.29 is 0 Å². The fourth-order valence-electron chi connectivity index (χ4n) is 2.35. The molecule has 1 fully saturated rings. The van der Waals surface area contributed by atoms with Crippen LogP contribution in [-0.2, 0) is 5.41 Å². The topological polar surface area (TPSA) is 36.7 Å². The molecule has 96 valence electrons. The van der Waals surface area contributed by atoms with Crippen LogP contribution in [-0.4, -0.2) is 4.98 Å². The summed E-state index contributed by atoms with van der Waals surface area (Å²) in [6.07, 6.45) is 1.92. The van der Waals surface area contributed by atoms with Gasteiger partial charge in [0.1, 0.15) is 10.4 Å². The van der Waals surface area contributed by atoms with E-state index in [0.717, 1.165) is 23.5 Å². The average Bonchev–Trinajstić information content (AvgIpc) is 3.04. The van der Waals surface area contributed by atoms with E-state index in [2.05, 4.69) is 44.4 Å². The van der Waals surface area contributed by atoms with Crippen LogP contribution in [0.25, 0.3) is 11.3 Å². The second kappa shape index (κ2) is 4.18.